The molecule has 0 radical (unpaired) electrons. The molecular weight excluding hydrogens is 428 g/mol. The SMILES string of the molecule is O=C1OC(c2cccs2)=NC1=Cc1c(-c2ccccc2)n(-c2ccccc2)c2ccccc12. The molecule has 1 aliphatic rings. The van der Waals surface area contributed by atoms with Crippen LogP contribution in [0, 0.1) is 0 Å². The van der Waals surface area contributed by atoms with Crippen molar-refractivity contribution in [2.24, 2.45) is 4.99 Å². The summed E-state index contributed by atoms with van der Waals surface area (Å²) in [6.45, 7) is 0. The average molecular weight is 447 g/mol. The third-order valence-corrected chi connectivity index (χ3v) is 6.47. The molecule has 1 aliphatic heterocycles. The Bertz CT molecular complexity index is 1530. The van der Waals surface area contributed by atoms with E-state index in [0.717, 1.165) is 38.3 Å². The van der Waals surface area contributed by atoms with E-state index in [1.807, 2.05) is 72.1 Å². The molecular formula is C28H18N2O2S. The Morgan fingerprint density at radius 1 is 0.818 bits per heavy atom. The van der Waals surface area contributed by atoms with E-state index < -0.39 is 5.97 Å². The highest BCUT2D eigenvalue weighted by molar-refractivity contribution is 7.12. The number of para-hydroxylation sites is 2. The van der Waals surface area contributed by atoms with Gasteiger partial charge in [-0.3, -0.25) is 0 Å². The average Bonchev–Trinajstić information content (AvgIpc) is 3.59. The van der Waals surface area contributed by atoms with Crippen LogP contribution in [-0.2, 0) is 9.53 Å². The van der Waals surface area contributed by atoms with Crippen LogP contribution in [0.25, 0.3) is 33.9 Å². The molecule has 0 unspecified atom stereocenters. The van der Waals surface area contributed by atoms with Crippen LogP contribution in [0.4, 0.5) is 0 Å². The zero-order valence-electron chi connectivity index (χ0n) is 17.5. The van der Waals surface area contributed by atoms with Crippen LogP contribution < -0.4 is 0 Å². The second-order valence-corrected chi connectivity index (χ2v) is 8.58. The quantitative estimate of drug-likeness (QED) is 0.228. The molecule has 4 nitrogen and oxygen atoms in total. The lowest BCUT2D eigenvalue weighted by atomic mass is 10.0. The van der Waals surface area contributed by atoms with E-state index in [2.05, 4.69) is 46.0 Å². The number of benzene rings is 3. The molecule has 0 N–H and O–H groups in total. The Morgan fingerprint density at radius 2 is 1.55 bits per heavy atom. The van der Waals surface area contributed by atoms with Crippen molar-refractivity contribution in [3.63, 3.8) is 0 Å². The minimum Gasteiger partial charge on any atom is -0.401 e. The van der Waals surface area contributed by atoms with E-state index in [1.165, 1.54) is 11.3 Å². The van der Waals surface area contributed by atoms with Gasteiger partial charge in [0.05, 0.1) is 16.1 Å². The van der Waals surface area contributed by atoms with Gasteiger partial charge in [-0.2, -0.15) is 0 Å². The van der Waals surface area contributed by atoms with Gasteiger partial charge in [0, 0.05) is 16.6 Å². The number of carbonyl (C=O) groups excluding carboxylic acids is 1. The first-order valence-electron chi connectivity index (χ1n) is 10.6. The molecule has 0 bridgehead atoms. The van der Waals surface area contributed by atoms with Gasteiger partial charge in [0.1, 0.15) is 0 Å². The lowest BCUT2D eigenvalue weighted by Crippen LogP contribution is -2.03. The number of fused-ring (bicyclic) bond motifs is 1. The first-order valence-corrected chi connectivity index (χ1v) is 11.5. The summed E-state index contributed by atoms with van der Waals surface area (Å²) in [5.41, 5.74) is 5.40. The highest BCUT2D eigenvalue weighted by Crippen LogP contribution is 2.38. The number of hydrogen-bond acceptors (Lipinski definition) is 4. The van der Waals surface area contributed by atoms with E-state index in [1.54, 1.807) is 0 Å². The monoisotopic (exact) mass is 446 g/mol. The molecule has 5 heteroatoms. The minimum absolute atomic E-state index is 0.298. The number of aromatic nitrogens is 1. The largest absolute Gasteiger partial charge is 0.401 e. The lowest BCUT2D eigenvalue weighted by molar-refractivity contribution is -0.129. The Hall–Kier alpha value is -4.22. The van der Waals surface area contributed by atoms with Crippen molar-refractivity contribution in [3.8, 4) is 16.9 Å². The predicted molar refractivity (Wildman–Crippen MR) is 134 cm³/mol. The smallest absolute Gasteiger partial charge is 0.363 e. The second-order valence-electron chi connectivity index (χ2n) is 7.63. The van der Waals surface area contributed by atoms with Gasteiger partial charge in [-0.15, -0.1) is 11.3 Å². The third kappa shape index (κ3) is 3.39. The van der Waals surface area contributed by atoms with Gasteiger partial charge < -0.3 is 9.30 Å². The van der Waals surface area contributed by atoms with Crippen molar-refractivity contribution < 1.29 is 9.53 Å². The molecule has 0 aliphatic carbocycles. The van der Waals surface area contributed by atoms with Crippen molar-refractivity contribution in [2.45, 2.75) is 0 Å². The number of nitrogens with zero attached hydrogens (tertiary/aromatic N) is 2. The minimum atomic E-state index is -0.436. The summed E-state index contributed by atoms with van der Waals surface area (Å²) in [6.07, 6.45) is 1.85. The molecule has 6 rings (SSSR count). The topological polar surface area (TPSA) is 43.6 Å². The van der Waals surface area contributed by atoms with Crippen molar-refractivity contribution in [3.05, 3.63) is 119 Å². The van der Waals surface area contributed by atoms with Crippen molar-refractivity contribution in [1.82, 2.24) is 4.57 Å². The maximum Gasteiger partial charge on any atom is 0.363 e. The number of cyclic esters (lactones) is 1. The fourth-order valence-corrected chi connectivity index (χ4v) is 4.84. The van der Waals surface area contributed by atoms with Crippen molar-refractivity contribution in [1.29, 1.82) is 0 Å². The Balaban J connectivity index is 1.65. The number of hydrogen-bond donors (Lipinski definition) is 0. The molecule has 0 atom stereocenters. The number of esters is 1. The molecule has 0 amide bonds. The highest BCUT2D eigenvalue weighted by Gasteiger charge is 2.27. The van der Waals surface area contributed by atoms with Gasteiger partial charge in [-0.05, 0) is 41.3 Å². The van der Waals surface area contributed by atoms with Crippen molar-refractivity contribution >= 4 is 40.2 Å². The van der Waals surface area contributed by atoms with Crippen LogP contribution >= 0.6 is 11.3 Å². The Labute approximate surface area is 194 Å². The number of ether oxygens (including phenoxy) is 1. The fourth-order valence-electron chi connectivity index (χ4n) is 4.19. The highest BCUT2D eigenvalue weighted by atomic mass is 32.1. The first-order chi connectivity index (χ1) is 16.3. The van der Waals surface area contributed by atoms with Crippen LogP contribution in [0.1, 0.15) is 10.4 Å². The number of thiophene rings is 1. The number of aliphatic imine (C=N–C) groups is 1. The zero-order chi connectivity index (χ0) is 22.2. The van der Waals surface area contributed by atoms with Crippen LogP contribution in [0.5, 0.6) is 0 Å². The van der Waals surface area contributed by atoms with Gasteiger partial charge in [0.25, 0.3) is 0 Å². The second kappa shape index (κ2) is 8.04. The molecule has 5 aromatic rings. The van der Waals surface area contributed by atoms with E-state index in [4.69, 9.17) is 4.74 Å². The van der Waals surface area contributed by atoms with Gasteiger partial charge in [0.2, 0.25) is 5.90 Å². The van der Waals surface area contributed by atoms with Gasteiger partial charge in [0.15, 0.2) is 5.70 Å². The van der Waals surface area contributed by atoms with Gasteiger partial charge in [-0.25, -0.2) is 9.79 Å². The third-order valence-electron chi connectivity index (χ3n) is 5.61. The zero-order valence-corrected chi connectivity index (χ0v) is 18.3. The molecule has 0 fully saturated rings. The Morgan fingerprint density at radius 3 is 2.30 bits per heavy atom. The number of rotatable bonds is 4. The molecule has 2 aromatic heterocycles. The molecule has 3 heterocycles. The molecule has 3 aromatic carbocycles. The van der Waals surface area contributed by atoms with E-state index in [9.17, 15) is 4.79 Å². The van der Waals surface area contributed by atoms with E-state index >= 15 is 0 Å². The van der Waals surface area contributed by atoms with Crippen molar-refractivity contribution in [2.75, 3.05) is 0 Å². The molecule has 158 valence electrons. The summed E-state index contributed by atoms with van der Waals surface area (Å²) in [7, 11) is 0. The molecule has 0 spiro atoms. The summed E-state index contributed by atoms with van der Waals surface area (Å²) in [4.78, 5) is 18.1. The fraction of sp³-hybridized carbons (Fsp3) is 0. The standard InChI is InChI=1S/C28H18N2O2S/c31-28-23(29-27(32-28)25-16-9-17-33-25)18-22-21-14-7-8-15-24(21)30(20-12-5-2-6-13-20)26(22)19-10-3-1-4-11-19/h1-18H. The summed E-state index contributed by atoms with van der Waals surface area (Å²) in [5, 5.41) is 2.98. The molecule has 0 saturated carbocycles. The van der Waals surface area contributed by atoms with Crippen LogP contribution in [0.2, 0.25) is 0 Å². The maximum absolute atomic E-state index is 12.7. The summed E-state index contributed by atoms with van der Waals surface area (Å²) in [5.74, 6) is -0.0803. The van der Waals surface area contributed by atoms with E-state index in [0.29, 0.717) is 11.6 Å². The van der Waals surface area contributed by atoms with Gasteiger partial charge in [-0.1, -0.05) is 72.8 Å². The van der Waals surface area contributed by atoms with E-state index in [-0.39, 0.29) is 0 Å². The summed E-state index contributed by atoms with van der Waals surface area (Å²) in [6, 6.07) is 32.5. The maximum atomic E-state index is 12.7. The predicted octanol–water partition coefficient (Wildman–Crippen LogP) is 6.70. The Kier molecular flexibility index (Phi) is 4.74. The normalized spacial score (nSPS) is 14.6. The summed E-state index contributed by atoms with van der Waals surface area (Å²) >= 11 is 1.50. The van der Waals surface area contributed by atoms with Crippen LogP contribution in [-0.4, -0.2) is 16.4 Å². The number of carbonyl (C=O) groups is 1. The summed E-state index contributed by atoms with van der Waals surface area (Å²) < 4.78 is 7.72. The van der Waals surface area contributed by atoms with Gasteiger partial charge >= 0.3 is 5.97 Å². The molecule has 0 saturated heterocycles. The lowest BCUT2D eigenvalue weighted by Gasteiger charge is -2.12. The first kappa shape index (κ1) is 19.5. The molecule has 33 heavy (non-hydrogen) atoms. The van der Waals surface area contributed by atoms with Crippen LogP contribution in [0.3, 0.4) is 0 Å². The van der Waals surface area contributed by atoms with Crippen LogP contribution in [0.15, 0.2) is 113 Å².